The molecule has 0 aliphatic rings. The number of nitrogens with zero attached hydrogens (tertiary/aromatic N) is 2. The Balaban J connectivity index is 2.77. The molecule has 0 aliphatic heterocycles. The zero-order chi connectivity index (χ0) is 16.0. The van der Waals surface area contributed by atoms with Crippen molar-refractivity contribution < 1.29 is 14.8 Å². The molecule has 0 aromatic heterocycles. The summed E-state index contributed by atoms with van der Waals surface area (Å²) >= 11 is 0. The monoisotopic (exact) mass is 295 g/mol. The van der Waals surface area contributed by atoms with E-state index < -0.39 is 10.9 Å². The maximum Gasteiger partial charge on any atom is 0.338 e. The molecule has 0 spiro atoms. The molecule has 0 radical (unpaired) electrons. The molecule has 0 amide bonds. The first kappa shape index (κ1) is 16.9. The number of hydrogen-bond donors (Lipinski definition) is 2. The lowest BCUT2D eigenvalue weighted by Gasteiger charge is -2.21. The summed E-state index contributed by atoms with van der Waals surface area (Å²) in [6.45, 7) is 5.46. The van der Waals surface area contributed by atoms with Gasteiger partial charge in [-0.15, -0.1) is 0 Å². The topological polar surface area (TPSA) is 95.7 Å². The molecule has 0 fully saturated rings. The van der Waals surface area contributed by atoms with Crippen LogP contribution in [0, 0.1) is 10.1 Å². The van der Waals surface area contributed by atoms with Crippen LogP contribution in [0.4, 0.5) is 11.4 Å². The van der Waals surface area contributed by atoms with E-state index in [0.717, 1.165) is 13.0 Å². The second kappa shape index (κ2) is 7.58. The molecule has 1 aromatic rings. The first-order chi connectivity index (χ1) is 9.84. The van der Waals surface area contributed by atoms with Gasteiger partial charge in [-0.1, -0.05) is 6.07 Å². The highest BCUT2D eigenvalue weighted by molar-refractivity contribution is 5.96. The number of anilines is 1. The Morgan fingerprint density at radius 3 is 2.67 bits per heavy atom. The summed E-state index contributed by atoms with van der Waals surface area (Å²) in [5.74, 6) is -1.18. The summed E-state index contributed by atoms with van der Waals surface area (Å²) in [4.78, 5) is 23.7. The Labute approximate surface area is 123 Å². The fourth-order valence-corrected chi connectivity index (χ4v) is 1.86. The maximum absolute atomic E-state index is 11.2. The first-order valence-corrected chi connectivity index (χ1v) is 6.79. The van der Waals surface area contributed by atoms with Crippen molar-refractivity contribution in [1.29, 1.82) is 0 Å². The van der Waals surface area contributed by atoms with E-state index in [1.807, 2.05) is 7.05 Å². The number of para-hydroxylation sites is 1. The summed E-state index contributed by atoms with van der Waals surface area (Å²) in [5.41, 5.74) is -0.226. The van der Waals surface area contributed by atoms with Crippen LogP contribution in [-0.2, 0) is 0 Å². The molecule has 2 N–H and O–H groups in total. The van der Waals surface area contributed by atoms with Crippen molar-refractivity contribution in [2.75, 3.05) is 25.5 Å². The fraction of sp³-hybridized carbons (Fsp3) is 0.500. The minimum Gasteiger partial charge on any atom is -0.478 e. The third-order valence-electron chi connectivity index (χ3n) is 3.34. The largest absolute Gasteiger partial charge is 0.478 e. The number of nitro benzene ring substituents is 1. The van der Waals surface area contributed by atoms with Gasteiger partial charge < -0.3 is 15.3 Å². The number of aromatic carboxylic acids is 1. The lowest BCUT2D eigenvalue weighted by Crippen LogP contribution is -2.28. The van der Waals surface area contributed by atoms with Gasteiger partial charge in [-0.25, -0.2) is 4.79 Å². The smallest absolute Gasteiger partial charge is 0.338 e. The fourth-order valence-electron chi connectivity index (χ4n) is 1.86. The van der Waals surface area contributed by atoms with Crippen molar-refractivity contribution in [3.05, 3.63) is 33.9 Å². The van der Waals surface area contributed by atoms with E-state index in [-0.39, 0.29) is 16.9 Å². The van der Waals surface area contributed by atoms with Crippen LogP contribution in [-0.4, -0.2) is 47.1 Å². The summed E-state index contributed by atoms with van der Waals surface area (Å²) < 4.78 is 0. The summed E-state index contributed by atoms with van der Waals surface area (Å²) in [6.07, 6.45) is 0.764. The normalized spacial score (nSPS) is 10.9. The first-order valence-electron chi connectivity index (χ1n) is 6.79. The summed E-state index contributed by atoms with van der Waals surface area (Å²) in [7, 11) is 2.00. The maximum atomic E-state index is 11.2. The summed E-state index contributed by atoms with van der Waals surface area (Å²) in [5, 5.41) is 23.0. The number of nitrogens with one attached hydrogen (secondary N) is 1. The quantitative estimate of drug-likeness (QED) is 0.434. The highest BCUT2D eigenvalue weighted by atomic mass is 16.6. The van der Waals surface area contributed by atoms with Gasteiger partial charge in [0, 0.05) is 18.7 Å². The molecule has 0 saturated heterocycles. The molecule has 7 heteroatoms. The lowest BCUT2D eigenvalue weighted by molar-refractivity contribution is -0.384. The van der Waals surface area contributed by atoms with Crippen molar-refractivity contribution >= 4 is 17.3 Å². The van der Waals surface area contributed by atoms with E-state index in [0.29, 0.717) is 12.6 Å². The Morgan fingerprint density at radius 1 is 1.48 bits per heavy atom. The van der Waals surface area contributed by atoms with Crippen molar-refractivity contribution in [1.82, 2.24) is 4.90 Å². The molecule has 0 saturated carbocycles. The van der Waals surface area contributed by atoms with Crippen LogP contribution < -0.4 is 5.32 Å². The number of rotatable bonds is 8. The third kappa shape index (κ3) is 4.71. The second-order valence-corrected chi connectivity index (χ2v) is 5.12. The van der Waals surface area contributed by atoms with Crippen molar-refractivity contribution in [2.24, 2.45) is 0 Å². The number of nitro groups is 1. The number of carboxylic acids is 1. The minimum atomic E-state index is -1.18. The van der Waals surface area contributed by atoms with Gasteiger partial charge in [-0.05, 0) is 39.9 Å². The molecule has 116 valence electrons. The van der Waals surface area contributed by atoms with Crippen LogP contribution in [0.2, 0.25) is 0 Å². The van der Waals surface area contributed by atoms with E-state index >= 15 is 0 Å². The molecule has 0 aliphatic carbocycles. The van der Waals surface area contributed by atoms with Crippen LogP contribution in [0.1, 0.15) is 30.6 Å². The van der Waals surface area contributed by atoms with Crippen molar-refractivity contribution in [2.45, 2.75) is 26.3 Å². The van der Waals surface area contributed by atoms with Gasteiger partial charge in [0.25, 0.3) is 5.69 Å². The predicted molar refractivity (Wildman–Crippen MR) is 80.9 cm³/mol. The van der Waals surface area contributed by atoms with Gasteiger partial charge >= 0.3 is 5.97 Å². The van der Waals surface area contributed by atoms with E-state index in [2.05, 4.69) is 24.1 Å². The van der Waals surface area contributed by atoms with Crippen LogP contribution >= 0.6 is 0 Å². The van der Waals surface area contributed by atoms with Crippen LogP contribution in [0.15, 0.2) is 18.2 Å². The average molecular weight is 295 g/mol. The van der Waals surface area contributed by atoms with Gasteiger partial charge in [0.05, 0.1) is 10.5 Å². The molecular formula is C14H21N3O4. The summed E-state index contributed by atoms with van der Waals surface area (Å²) in [6, 6.07) is 4.46. The van der Waals surface area contributed by atoms with E-state index in [9.17, 15) is 14.9 Å². The van der Waals surface area contributed by atoms with Gasteiger partial charge in [0.2, 0.25) is 0 Å². The molecule has 21 heavy (non-hydrogen) atoms. The van der Waals surface area contributed by atoms with E-state index in [1.165, 1.54) is 18.2 Å². The zero-order valence-electron chi connectivity index (χ0n) is 12.5. The molecular weight excluding hydrogens is 274 g/mol. The van der Waals surface area contributed by atoms with Gasteiger partial charge in [0.1, 0.15) is 5.69 Å². The Bertz CT molecular complexity index is 485. The Morgan fingerprint density at radius 2 is 2.14 bits per heavy atom. The van der Waals surface area contributed by atoms with Crippen molar-refractivity contribution in [3.63, 3.8) is 0 Å². The van der Waals surface area contributed by atoms with Gasteiger partial charge in [-0.3, -0.25) is 10.1 Å². The molecule has 0 unspecified atom stereocenters. The van der Waals surface area contributed by atoms with E-state index in [4.69, 9.17) is 5.11 Å². The van der Waals surface area contributed by atoms with Gasteiger partial charge in [0.15, 0.2) is 0 Å². The Kier molecular flexibility index (Phi) is 6.10. The second-order valence-electron chi connectivity index (χ2n) is 5.12. The lowest BCUT2D eigenvalue weighted by atomic mass is 10.1. The van der Waals surface area contributed by atoms with E-state index in [1.54, 1.807) is 0 Å². The zero-order valence-corrected chi connectivity index (χ0v) is 12.5. The number of carbonyl (C=O) groups is 1. The number of carboxylic acid groups (broad SMARTS) is 1. The highest BCUT2D eigenvalue weighted by Gasteiger charge is 2.20. The molecule has 0 atom stereocenters. The van der Waals surface area contributed by atoms with Crippen LogP contribution in [0.3, 0.4) is 0 Å². The average Bonchev–Trinajstić information content (AvgIpc) is 2.42. The highest BCUT2D eigenvalue weighted by Crippen LogP contribution is 2.28. The number of hydrogen-bond acceptors (Lipinski definition) is 5. The van der Waals surface area contributed by atoms with Crippen molar-refractivity contribution in [3.8, 4) is 0 Å². The molecule has 1 aromatic carbocycles. The predicted octanol–water partition coefficient (Wildman–Crippen LogP) is 2.44. The third-order valence-corrected chi connectivity index (χ3v) is 3.34. The molecule has 7 nitrogen and oxygen atoms in total. The van der Waals surface area contributed by atoms with Crippen LogP contribution in [0.25, 0.3) is 0 Å². The SMILES string of the molecule is CC(C)N(C)CCCNc1c(C(=O)O)cccc1[N+](=O)[O-]. The molecule has 1 rings (SSSR count). The number of benzene rings is 1. The Hall–Kier alpha value is -2.15. The van der Waals surface area contributed by atoms with Gasteiger partial charge in [-0.2, -0.15) is 0 Å². The molecule has 0 heterocycles. The van der Waals surface area contributed by atoms with Crippen LogP contribution in [0.5, 0.6) is 0 Å². The minimum absolute atomic E-state index is 0.0715. The molecule has 0 bridgehead atoms. The standard InChI is InChI=1S/C14H21N3O4/c1-10(2)16(3)9-5-8-15-13-11(14(18)19)6-4-7-12(13)17(20)21/h4,6-7,10,15H,5,8-9H2,1-3H3,(H,18,19).